The fourth-order valence-corrected chi connectivity index (χ4v) is 2.63. The molecular weight excluding hydrogens is 278 g/mol. The first-order chi connectivity index (χ1) is 10.8. The predicted octanol–water partition coefficient (Wildman–Crippen LogP) is 3.99. The van der Waals surface area contributed by atoms with Gasteiger partial charge in [-0.1, -0.05) is 62.9 Å². The fourth-order valence-electron chi connectivity index (χ4n) is 2.63. The SMILES string of the molecule is CCCCCCCN1C[C@@H](COCc2ccccc2)OC1=O. The Labute approximate surface area is 133 Å². The number of nitrogens with zero attached hydrogens (tertiary/aromatic N) is 1. The number of hydrogen-bond donors (Lipinski definition) is 0. The van der Waals surface area contributed by atoms with Gasteiger partial charge in [0, 0.05) is 6.54 Å². The molecule has 1 aliphatic heterocycles. The largest absolute Gasteiger partial charge is 0.442 e. The summed E-state index contributed by atoms with van der Waals surface area (Å²) in [5, 5.41) is 0. The summed E-state index contributed by atoms with van der Waals surface area (Å²) in [5.74, 6) is 0. The molecule has 1 fully saturated rings. The summed E-state index contributed by atoms with van der Waals surface area (Å²) < 4.78 is 11.0. The van der Waals surface area contributed by atoms with Crippen LogP contribution in [0.25, 0.3) is 0 Å². The van der Waals surface area contributed by atoms with Gasteiger partial charge >= 0.3 is 6.09 Å². The van der Waals surface area contributed by atoms with Gasteiger partial charge < -0.3 is 14.4 Å². The highest BCUT2D eigenvalue weighted by Crippen LogP contribution is 2.14. The van der Waals surface area contributed by atoms with Gasteiger partial charge in [-0.2, -0.15) is 0 Å². The van der Waals surface area contributed by atoms with Crippen LogP contribution in [0.2, 0.25) is 0 Å². The van der Waals surface area contributed by atoms with Crippen LogP contribution in [0, 0.1) is 0 Å². The molecule has 1 atom stereocenters. The molecule has 0 bridgehead atoms. The number of ether oxygens (including phenoxy) is 2. The van der Waals surface area contributed by atoms with Crippen LogP contribution in [0.5, 0.6) is 0 Å². The molecule has 4 nitrogen and oxygen atoms in total. The monoisotopic (exact) mass is 305 g/mol. The van der Waals surface area contributed by atoms with E-state index in [1.807, 2.05) is 35.2 Å². The molecule has 0 aromatic heterocycles. The van der Waals surface area contributed by atoms with Crippen LogP contribution < -0.4 is 0 Å². The van der Waals surface area contributed by atoms with Gasteiger partial charge in [-0.25, -0.2) is 4.79 Å². The zero-order valence-corrected chi connectivity index (χ0v) is 13.5. The quantitative estimate of drug-likeness (QED) is 0.613. The van der Waals surface area contributed by atoms with E-state index >= 15 is 0 Å². The number of amides is 1. The molecule has 1 saturated heterocycles. The second-order valence-corrected chi connectivity index (χ2v) is 5.87. The highest BCUT2D eigenvalue weighted by molar-refractivity contribution is 5.69. The van der Waals surface area contributed by atoms with Crippen molar-refractivity contribution in [3.05, 3.63) is 35.9 Å². The van der Waals surface area contributed by atoms with Gasteiger partial charge in [0.05, 0.1) is 19.8 Å². The number of rotatable bonds is 10. The third kappa shape index (κ3) is 5.68. The Morgan fingerprint density at radius 3 is 2.73 bits per heavy atom. The van der Waals surface area contributed by atoms with Crippen molar-refractivity contribution in [2.45, 2.75) is 51.7 Å². The van der Waals surface area contributed by atoms with E-state index in [0.717, 1.165) is 18.5 Å². The number of benzene rings is 1. The molecule has 1 aromatic carbocycles. The van der Waals surface area contributed by atoms with E-state index < -0.39 is 0 Å². The molecule has 2 rings (SSSR count). The molecule has 0 saturated carbocycles. The maximum absolute atomic E-state index is 11.8. The summed E-state index contributed by atoms with van der Waals surface area (Å²) in [6, 6.07) is 10.0. The second-order valence-electron chi connectivity index (χ2n) is 5.87. The first kappa shape index (κ1) is 16.8. The Balaban J connectivity index is 1.60. The molecule has 1 aliphatic rings. The van der Waals surface area contributed by atoms with Gasteiger partial charge in [0.1, 0.15) is 6.10 Å². The fraction of sp³-hybridized carbons (Fsp3) is 0.611. The third-order valence-corrected chi connectivity index (χ3v) is 3.90. The smallest absolute Gasteiger partial charge is 0.410 e. The summed E-state index contributed by atoms with van der Waals surface area (Å²) in [6.45, 7) is 4.69. The molecule has 1 heterocycles. The number of cyclic esters (lactones) is 1. The molecule has 22 heavy (non-hydrogen) atoms. The average Bonchev–Trinajstić information content (AvgIpc) is 2.88. The lowest BCUT2D eigenvalue weighted by Gasteiger charge is -2.12. The standard InChI is InChI=1S/C18H27NO3/c1-2-3-4-5-9-12-19-13-17(22-18(19)20)15-21-14-16-10-7-6-8-11-16/h6-8,10-11,17H,2-5,9,12-15H2,1H3/t17-/m0/s1. The van der Waals surface area contributed by atoms with Gasteiger partial charge in [0.2, 0.25) is 0 Å². The third-order valence-electron chi connectivity index (χ3n) is 3.90. The first-order valence-electron chi connectivity index (χ1n) is 8.37. The molecule has 122 valence electrons. The molecular formula is C18H27NO3. The number of unbranched alkanes of at least 4 members (excludes halogenated alkanes) is 4. The van der Waals surface area contributed by atoms with Crippen molar-refractivity contribution in [3.63, 3.8) is 0 Å². The number of hydrogen-bond acceptors (Lipinski definition) is 3. The maximum atomic E-state index is 11.8. The normalized spacial score (nSPS) is 17.8. The van der Waals surface area contributed by atoms with E-state index in [-0.39, 0.29) is 12.2 Å². The van der Waals surface area contributed by atoms with Crippen LogP contribution in [0.1, 0.15) is 44.6 Å². The van der Waals surface area contributed by atoms with E-state index in [9.17, 15) is 4.79 Å². The maximum Gasteiger partial charge on any atom is 0.410 e. The number of carbonyl (C=O) groups is 1. The summed E-state index contributed by atoms with van der Waals surface area (Å²) in [4.78, 5) is 13.6. The van der Waals surface area contributed by atoms with Crippen molar-refractivity contribution in [2.75, 3.05) is 19.7 Å². The molecule has 0 unspecified atom stereocenters. The molecule has 0 aliphatic carbocycles. The lowest BCUT2D eigenvalue weighted by Crippen LogP contribution is -2.27. The van der Waals surface area contributed by atoms with Crippen LogP contribution in [0.15, 0.2) is 30.3 Å². The minimum atomic E-state index is -0.191. The van der Waals surface area contributed by atoms with E-state index in [0.29, 0.717) is 19.8 Å². The molecule has 0 radical (unpaired) electrons. The minimum Gasteiger partial charge on any atom is -0.442 e. The Bertz CT molecular complexity index is 435. The van der Waals surface area contributed by atoms with Crippen molar-refractivity contribution in [3.8, 4) is 0 Å². The van der Waals surface area contributed by atoms with E-state index in [1.54, 1.807) is 0 Å². The van der Waals surface area contributed by atoms with Gasteiger partial charge in [0.25, 0.3) is 0 Å². The lowest BCUT2D eigenvalue weighted by atomic mass is 10.1. The van der Waals surface area contributed by atoms with E-state index in [4.69, 9.17) is 9.47 Å². The van der Waals surface area contributed by atoms with Gasteiger partial charge in [-0.3, -0.25) is 0 Å². The molecule has 1 amide bonds. The number of carbonyl (C=O) groups excluding carboxylic acids is 1. The minimum absolute atomic E-state index is 0.133. The molecule has 4 heteroatoms. The topological polar surface area (TPSA) is 38.8 Å². The average molecular weight is 305 g/mol. The summed E-state index contributed by atoms with van der Waals surface area (Å²) >= 11 is 0. The lowest BCUT2D eigenvalue weighted by molar-refractivity contribution is 0.0381. The Morgan fingerprint density at radius 2 is 1.95 bits per heavy atom. The van der Waals surface area contributed by atoms with Gasteiger partial charge in [0.15, 0.2) is 0 Å². The summed E-state index contributed by atoms with van der Waals surface area (Å²) in [5.41, 5.74) is 1.14. The molecule has 0 spiro atoms. The molecule has 0 N–H and O–H groups in total. The zero-order valence-electron chi connectivity index (χ0n) is 13.5. The van der Waals surface area contributed by atoms with Crippen LogP contribution >= 0.6 is 0 Å². The predicted molar refractivity (Wildman–Crippen MR) is 86.7 cm³/mol. The molecule has 1 aromatic rings. The van der Waals surface area contributed by atoms with Crippen molar-refractivity contribution in [1.29, 1.82) is 0 Å². The summed E-state index contributed by atoms with van der Waals surface area (Å²) in [6.07, 6.45) is 5.70. The van der Waals surface area contributed by atoms with Crippen molar-refractivity contribution < 1.29 is 14.3 Å². The highest BCUT2D eigenvalue weighted by Gasteiger charge is 2.30. The van der Waals surface area contributed by atoms with Gasteiger partial charge in [-0.05, 0) is 12.0 Å². The van der Waals surface area contributed by atoms with Crippen LogP contribution in [0.4, 0.5) is 4.79 Å². The van der Waals surface area contributed by atoms with Crippen molar-refractivity contribution in [1.82, 2.24) is 4.90 Å². The van der Waals surface area contributed by atoms with Crippen molar-refractivity contribution in [2.24, 2.45) is 0 Å². The van der Waals surface area contributed by atoms with Gasteiger partial charge in [-0.15, -0.1) is 0 Å². The Kier molecular flexibility index (Phi) is 7.23. The van der Waals surface area contributed by atoms with E-state index in [1.165, 1.54) is 25.7 Å². The van der Waals surface area contributed by atoms with Crippen LogP contribution in [0.3, 0.4) is 0 Å². The van der Waals surface area contributed by atoms with Crippen LogP contribution in [-0.4, -0.2) is 36.8 Å². The van der Waals surface area contributed by atoms with E-state index in [2.05, 4.69) is 6.92 Å². The summed E-state index contributed by atoms with van der Waals surface area (Å²) in [7, 11) is 0. The Hall–Kier alpha value is -1.55. The zero-order chi connectivity index (χ0) is 15.6. The first-order valence-corrected chi connectivity index (χ1v) is 8.37. The highest BCUT2D eigenvalue weighted by atomic mass is 16.6. The van der Waals surface area contributed by atoms with Crippen LogP contribution in [-0.2, 0) is 16.1 Å². The Morgan fingerprint density at radius 1 is 1.18 bits per heavy atom. The second kappa shape index (κ2) is 9.46. The van der Waals surface area contributed by atoms with Crippen molar-refractivity contribution >= 4 is 6.09 Å².